The minimum Gasteiger partial charge on any atom is -0.198 e. The van der Waals surface area contributed by atoms with Gasteiger partial charge in [-0.3, -0.25) is 0 Å². The zero-order valence-electron chi connectivity index (χ0n) is 5.50. The van der Waals surface area contributed by atoms with Gasteiger partial charge >= 0.3 is 5.69 Å². The molecule has 0 N–H and O–H groups in total. The topological polar surface area (TPSA) is 28.1 Å². The number of benzene rings is 1. The number of halogens is 1. The maximum absolute atomic E-state index is 12.6. The SMILES string of the molecule is Cc1cccc(F)c1[N+]#N. The molecule has 0 amide bonds. The van der Waals surface area contributed by atoms with Crippen LogP contribution in [0.25, 0.3) is 4.98 Å². The van der Waals surface area contributed by atoms with Crippen LogP contribution in [0.2, 0.25) is 0 Å². The normalized spacial score (nSPS) is 8.90. The van der Waals surface area contributed by atoms with E-state index in [-0.39, 0.29) is 5.69 Å². The Morgan fingerprint density at radius 2 is 2.20 bits per heavy atom. The lowest BCUT2D eigenvalue weighted by molar-refractivity contribution is 0.632. The third kappa shape index (κ3) is 0.960. The van der Waals surface area contributed by atoms with Gasteiger partial charge in [-0.1, -0.05) is 12.1 Å². The minimum atomic E-state index is -0.498. The molecular weight excluding hydrogens is 131 g/mol. The van der Waals surface area contributed by atoms with Crippen molar-refractivity contribution < 1.29 is 4.39 Å². The Balaban J connectivity index is 3.34. The van der Waals surface area contributed by atoms with Crippen LogP contribution < -0.4 is 0 Å². The van der Waals surface area contributed by atoms with E-state index < -0.39 is 5.82 Å². The highest BCUT2D eigenvalue weighted by molar-refractivity contribution is 5.51. The zero-order valence-corrected chi connectivity index (χ0v) is 5.50. The number of rotatable bonds is 0. The summed E-state index contributed by atoms with van der Waals surface area (Å²) in [6.07, 6.45) is 0. The van der Waals surface area contributed by atoms with Crippen LogP contribution in [0, 0.1) is 18.1 Å². The Hall–Kier alpha value is -1.43. The second-order valence-corrected chi connectivity index (χ2v) is 2.01. The lowest BCUT2D eigenvalue weighted by Gasteiger charge is -1.84. The van der Waals surface area contributed by atoms with Crippen molar-refractivity contribution in [3.63, 3.8) is 0 Å². The van der Waals surface area contributed by atoms with Gasteiger partial charge in [0.05, 0.1) is 0 Å². The molecule has 1 rings (SSSR count). The number of hydrogen-bond acceptors (Lipinski definition) is 1. The molecule has 0 fully saturated rings. The van der Waals surface area contributed by atoms with Gasteiger partial charge in [-0.2, -0.15) is 4.39 Å². The molecule has 1 aromatic rings. The van der Waals surface area contributed by atoms with E-state index in [0.717, 1.165) is 0 Å². The molecule has 0 aromatic heterocycles. The Kier molecular flexibility index (Phi) is 1.63. The quantitative estimate of drug-likeness (QED) is 0.505. The predicted octanol–water partition coefficient (Wildman–Crippen LogP) is 2.62. The number of aryl methyl sites for hydroxylation is 1. The number of nitrogens with zero attached hydrogens (tertiary/aromatic N) is 2. The smallest absolute Gasteiger partial charge is 0.198 e. The van der Waals surface area contributed by atoms with E-state index in [9.17, 15) is 4.39 Å². The summed E-state index contributed by atoms with van der Waals surface area (Å²) >= 11 is 0. The third-order valence-corrected chi connectivity index (χ3v) is 1.29. The van der Waals surface area contributed by atoms with Crippen molar-refractivity contribution in [2.24, 2.45) is 0 Å². The number of hydrogen-bond donors (Lipinski definition) is 0. The zero-order chi connectivity index (χ0) is 7.56. The largest absolute Gasteiger partial charge is 0.423 e. The molecule has 0 bridgehead atoms. The molecule has 0 saturated heterocycles. The van der Waals surface area contributed by atoms with Crippen LogP contribution in [0.5, 0.6) is 0 Å². The third-order valence-electron chi connectivity index (χ3n) is 1.29. The van der Waals surface area contributed by atoms with E-state index in [1.165, 1.54) is 6.07 Å². The van der Waals surface area contributed by atoms with Crippen molar-refractivity contribution in [3.8, 4) is 0 Å². The Morgan fingerprint density at radius 1 is 1.50 bits per heavy atom. The minimum absolute atomic E-state index is 0.0162. The van der Waals surface area contributed by atoms with Gasteiger partial charge in [-0.05, 0) is 13.0 Å². The van der Waals surface area contributed by atoms with Gasteiger partial charge in [-0.25, -0.2) is 0 Å². The molecule has 3 heteroatoms. The van der Waals surface area contributed by atoms with Gasteiger partial charge in [0.1, 0.15) is 0 Å². The van der Waals surface area contributed by atoms with E-state index in [1.807, 2.05) is 0 Å². The average molecular weight is 137 g/mol. The summed E-state index contributed by atoms with van der Waals surface area (Å²) in [4.78, 5) is 2.79. The molecule has 0 aliphatic heterocycles. The average Bonchev–Trinajstić information content (AvgIpc) is 1.88. The van der Waals surface area contributed by atoms with Crippen molar-refractivity contribution in [1.82, 2.24) is 0 Å². The van der Waals surface area contributed by atoms with Gasteiger partial charge in [0.25, 0.3) is 0 Å². The van der Waals surface area contributed by atoms with Gasteiger partial charge in [-0.15, -0.1) is 0 Å². The van der Waals surface area contributed by atoms with Crippen LogP contribution >= 0.6 is 0 Å². The predicted molar refractivity (Wildman–Crippen MR) is 35.9 cm³/mol. The Labute approximate surface area is 57.9 Å². The first-order valence-electron chi connectivity index (χ1n) is 2.86. The fourth-order valence-corrected chi connectivity index (χ4v) is 0.750. The summed E-state index contributed by atoms with van der Waals surface area (Å²) in [6, 6.07) is 4.50. The fourth-order valence-electron chi connectivity index (χ4n) is 0.750. The van der Waals surface area contributed by atoms with Crippen molar-refractivity contribution in [2.45, 2.75) is 6.92 Å². The lowest BCUT2D eigenvalue weighted by Crippen LogP contribution is -1.76. The molecule has 1 aromatic carbocycles. The molecule has 2 nitrogen and oxygen atoms in total. The maximum atomic E-state index is 12.6. The summed E-state index contributed by atoms with van der Waals surface area (Å²) < 4.78 is 12.6. The highest BCUT2D eigenvalue weighted by Crippen LogP contribution is 2.21. The van der Waals surface area contributed by atoms with E-state index in [0.29, 0.717) is 5.56 Å². The summed E-state index contributed by atoms with van der Waals surface area (Å²) in [6.45, 7) is 1.68. The standard InChI is InChI=1S/C7H6FN2/c1-5-3-2-4-6(8)7(5)10-9/h2-4H,1H3/q+1. The molecule has 0 aliphatic rings. The monoisotopic (exact) mass is 137 g/mol. The maximum Gasteiger partial charge on any atom is 0.423 e. The highest BCUT2D eigenvalue weighted by atomic mass is 19.1. The summed E-state index contributed by atoms with van der Waals surface area (Å²) in [5.41, 5.74) is 0.644. The fraction of sp³-hybridized carbons (Fsp3) is 0.143. The molecular formula is C7H6FN2+. The van der Waals surface area contributed by atoms with Crippen molar-refractivity contribution in [2.75, 3.05) is 0 Å². The van der Waals surface area contributed by atoms with Crippen LogP contribution in [-0.4, -0.2) is 0 Å². The first-order chi connectivity index (χ1) is 4.75. The molecule has 0 unspecified atom stereocenters. The Bertz CT molecular complexity index is 268. The molecule has 10 heavy (non-hydrogen) atoms. The van der Waals surface area contributed by atoms with Crippen LogP contribution in [0.1, 0.15) is 5.56 Å². The van der Waals surface area contributed by atoms with Gasteiger partial charge in [0.2, 0.25) is 11.2 Å². The molecule has 0 saturated carbocycles. The molecule has 50 valence electrons. The molecule has 0 aliphatic carbocycles. The van der Waals surface area contributed by atoms with E-state index in [2.05, 4.69) is 4.98 Å². The van der Waals surface area contributed by atoms with Crippen LogP contribution in [0.4, 0.5) is 10.1 Å². The van der Waals surface area contributed by atoms with Crippen molar-refractivity contribution in [1.29, 1.82) is 5.39 Å². The summed E-state index contributed by atoms with van der Waals surface area (Å²) in [5, 5.41) is 8.28. The molecule has 0 atom stereocenters. The van der Waals surface area contributed by atoms with E-state index >= 15 is 0 Å². The number of diazo groups is 1. The van der Waals surface area contributed by atoms with Crippen LogP contribution in [0.15, 0.2) is 18.2 Å². The summed E-state index contributed by atoms with van der Waals surface area (Å²) in [7, 11) is 0. The Morgan fingerprint density at radius 3 is 2.60 bits per heavy atom. The van der Waals surface area contributed by atoms with Gasteiger partial charge < -0.3 is 0 Å². The second-order valence-electron chi connectivity index (χ2n) is 2.01. The van der Waals surface area contributed by atoms with Gasteiger partial charge in [0, 0.05) is 5.56 Å². The van der Waals surface area contributed by atoms with Crippen LogP contribution in [-0.2, 0) is 0 Å². The first kappa shape index (κ1) is 6.69. The molecule has 0 heterocycles. The van der Waals surface area contributed by atoms with Crippen molar-refractivity contribution >= 4 is 5.69 Å². The first-order valence-corrected chi connectivity index (χ1v) is 2.86. The molecule has 0 radical (unpaired) electrons. The summed E-state index contributed by atoms with van der Waals surface area (Å²) in [5.74, 6) is -0.498. The van der Waals surface area contributed by atoms with E-state index in [4.69, 9.17) is 5.39 Å². The molecule has 0 spiro atoms. The lowest BCUT2D eigenvalue weighted by atomic mass is 10.2. The van der Waals surface area contributed by atoms with Gasteiger partial charge in [0.15, 0.2) is 4.98 Å². The highest BCUT2D eigenvalue weighted by Gasteiger charge is 2.15. The van der Waals surface area contributed by atoms with E-state index in [1.54, 1.807) is 19.1 Å². The van der Waals surface area contributed by atoms with Crippen molar-refractivity contribution in [3.05, 3.63) is 34.6 Å². The second kappa shape index (κ2) is 2.44. The van der Waals surface area contributed by atoms with Crippen LogP contribution in [0.3, 0.4) is 0 Å².